The van der Waals surface area contributed by atoms with Crippen molar-refractivity contribution in [3.05, 3.63) is 35.6 Å². The van der Waals surface area contributed by atoms with Gasteiger partial charge in [-0.1, -0.05) is 31.9 Å². The molecule has 0 saturated carbocycles. The third-order valence-corrected chi connectivity index (χ3v) is 2.58. The molecule has 0 spiro atoms. The van der Waals surface area contributed by atoms with Crippen molar-refractivity contribution >= 4 is 0 Å². The van der Waals surface area contributed by atoms with Crippen LogP contribution in [0.15, 0.2) is 24.3 Å². The second kappa shape index (κ2) is 7.36. The fraction of sp³-hybridized carbons (Fsp3) is 0.538. The molecule has 0 aliphatic heterocycles. The Labute approximate surface area is 97.0 Å². The lowest BCUT2D eigenvalue weighted by Gasteiger charge is -2.12. The van der Waals surface area contributed by atoms with Gasteiger partial charge in [-0.3, -0.25) is 0 Å². The van der Waals surface area contributed by atoms with Crippen LogP contribution >= 0.6 is 0 Å². The highest BCUT2D eigenvalue weighted by molar-refractivity contribution is 5.15. The molecule has 2 nitrogen and oxygen atoms in total. The summed E-state index contributed by atoms with van der Waals surface area (Å²) in [5.41, 5.74) is 7.01. The van der Waals surface area contributed by atoms with Crippen molar-refractivity contribution in [1.29, 1.82) is 0 Å². The summed E-state index contributed by atoms with van der Waals surface area (Å²) in [6.45, 7) is 3.73. The zero-order chi connectivity index (χ0) is 11.8. The van der Waals surface area contributed by atoms with Crippen LogP contribution in [-0.2, 0) is 6.54 Å². The van der Waals surface area contributed by atoms with Crippen molar-refractivity contribution in [3.8, 4) is 0 Å². The van der Waals surface area contributed by atoms with Crippen molar-refractivity contribution in [2.24, 2.45) is 5.73 Å². The van der Waals surface area contributed by atoms with Gasteiger partial charge in [0.25, 0.3) is 0 Å². The van der Waals surface area contributed by atoms with Gasteiger partial charge in [-0.15, -0.1) is 0 Å². The highest BCUT2D eigenvalue weighted by Crippen LogP contribution is 2.02. The second-order valence-corrected chi connectivity index (χ2v) is 4.16. The number of halogens is 1. The number of hydrogen-bond acceptors (Lipinski definition) is 2. The first-order valence-corrected chi connectivity index (χ1v) is 5.93. The van der Waals surface area contributed by atoms with Crippen LogP contribution in [0.3, 0.4) is 0 Å². The molecule has 0 aromatic heterocycles. The topological polar surface area (TPSA) is 38.0 Å². The van der Waals surface area contributed by atoms with Gasteiger partial charge in [0, 0.05) is 19.1 Å². The predicted octanol–water partition coefficient (Wildman–Crippen LogP) is 2.43. The van der Waals surface area contributed by atoms with E-state index in [-0.39, 0.29) is 11.9 Å². The van der Waals surface area contributed by atoms with Gasteiger partial charge >= 0.3 is 0 Å². The van der Waals surface area contributed by atoms with Crippen molar-refractivity contribution < 1.29 is 4.39 Å². The Balaban J connectivity index is 2.17. The summed E-state index contributed by atoms with van der Waals surface area (Å²) < 4.78 is 12.6. The third-order valence-electron chi connectivity index (χ3n) is 2.58. The van der Waals surface area contributed by atoms with Crippen LogP contribution in [0.5, 0.6) is 0 Å². The molecule has 3 heteroatoms. The minimum absolute atomic E-state index is 0.191. The first kappa shape index (κ1) is 13.1. The SMILES string of the molecule is CCCCC(N)CNCc1ccc(F)cc1. The van der Waals surface area contributed by atoms with E-state index in [1.165, 1.54) is 25.0 Å². The molecular weight excluding hydrogens is 203 g/mol. The van der Waals surface area contributed by atoms with Crippen LogP contribution in [0.2, 0.25) is 0 Å². The van der Waals surface area contributed by atoms with E-state index in [2.05, 4.69) is 12.2 Å². The molecule has 1 unspecified atom stereocenters. The van der Waals surface area contributed by atoms with E-state index in [9.17, 15) is 4.39 Å². The fourth-order valence-electron chi connectivity index (χ4n) is 1.57. The first-order valence-electron chi connectivity index (χ1n) is 5.93. The monoisotopic (exact) mass is 224 g/mol. The molecule has 0 aliphatic carbocycles. The summed E-state index contributed by atoms with van der Waals surface area (Å²) in [6.07, 6.45) is 3.43. The highest BCUT2D eigenvalue weighted by atomic mass is 19.1. The van der Waals surface area contributed by atoms with E-state index in [4.69, 9.17) is 5.73 Å². The van der Waals surface area contributed by atoms with E-state index in [0.717, 1.165) is 25.1 Å². The van der Waals surface area contributed by atoms with Gasteiger partial charge in [0.1, 0.15) is 5.82 Å². The Hall–Kier alpha value is -0.930. The van der Waals surface area contributed by atoms with Gasteiger partial charge in [0.15, 0.2) is 0 Å². The van der Waals surface area contributed by atoms with E-state index in [1.807, 2.05) is 0 Å². The summed E-state index contributed by atoms with van der Waals surface area (Å²) in [5, 5.41) is 3.28. The largest absolute Gasteiger partial charge is 0.327 e. The highest BCUT2D eigenvalue weighted by Gasteiger charge is 2.01. The van der Waals surface area contributed by atoms with E-state index >= 15 is 0 Å². The molecule has 16 heavy (non-hydrogen) atoms. The molecule has 1 aromatic rings. The van der Waals surface area contributed by atoms with E-state index in [0.29, 0.717) is 0 Å². The molecule has 1 atom stereocenters. The van der Waals surface area contributed by atoms with Crippen molar-refractivity contribution in [3.63, 3.8) is 0 Å². The molecule has 1 rings (SSSR count). The normalized spacial score (nSPS) is 12.7. The maximum Gasteiger partial charge on any atom is 0.123 e. The van der Waals surface area contributed by atoms with Gasteiger partial charge in [-0.25, -0.2) is 4.39 Å². The molecule has 0 bridgehead atoms. The standard InChI is InChI=1S/C13H21FN2/c1-2-3-4-13(15)10-16-9-11-5-7-12(14)8-6-11/h5-8,13,16H,2-4,9-10,15H2,1H3. The Morgan fingerprint density at radius 2 is 2.00 bits per heavy atom. The number of nitrogens with two attached hydrogens (primary N) is 1. The van der Waals surface area contributed by atoms with Crippen LogP contribution in [0.4, 0.5) is 4.39 Å². The van der Waals surface area contributed by atoms with Crippen LogP contribution in [0.25, 0.3) is 0 Å². The van der Waals surface area contributed by atoms with Gasteiger partial charge < -0.3 is 11.1 Å². The smallest absolute Gasteiger partial charge is 0.123 e. The third kappa shape index (κ3) is 5.24. The molecule has 1 aromatic carbocycles. The summed E-state index contributed by atoms with van der Waals surface area (Å²) >= 11 is 0. The molecule has 0 radical (unpaired) electrons. The summed E-state index contributed by atoms with van der Waals surface area (Å²) in [7, 11) is 0. The number of unbranched alkanes of at least 4 members (excludes halogenated alkanes) is 1. The van der Waals surface area contributed by atoms with Crippen molar-refractivity contribution in [2.45, 2.75) is 38.8 Å². The van der Waals surface area contributed by atoms with Gasteiger partial charge in [-0.05, 0) is 24.1 Å². The lowest BCUT2D eigenvalue weighted by molar-refractivity contribution is 0.524. The Bertz CT molecular complexity index is 284. The maximum atomic E-state index is 12.6. The summed E-state index contributed by atoms with van der Waals surface area (Å²) in [6, 6.07) is 6.77. The molecule has 3 N–H and O–H groups in total. The molecule has 90 valence electrons. The average Bonchev–Trinajstić information content (AvgIpc) is 2.29. The fourth-order valence-corrected chi connectivity index (χ4v) is 1.57. The quantitative estimate of drug-likeness (QED) is 0.746. The lowest BCUT2D eigenvalue weighted by atomic mass is 10.1. The van der Waals surface area contributed by atoms with Crippen LogP contribution in [-0.4, -0.2) is 12.6 Å². The zero-order valence-electron chi connectivity index (χ0n) is 9.88. The second-order valence-electron chi connectivity index (χ2n) is 4.16. The molecule has 0 heterocycles. The minimum Gasteiger partial charge on any atom is -0.327 e. The number of rotatable bonds is 7. The average molecular weight is 224 g/mol. The maximum absolute atomic E-state index is 12.6. The number of benzene rings is 1. The van der Waals surface area contributed by atoms with Crippen LogP contribution in [0, 0.1) is 5.82 Å². The zero-order valence-corrected chi connectivity index (χ0v) is 9.88. The number of hydrogen-bond donors (Lipinski definition) is 2. The molecule has 0 aliphatic rings. The van der Waals surface area contributed by atoms with Gasteiger partial charge in [-0.2, -0.15) is 0 Å². The summed E-state index contributed by atoms with van der Waals surface area (Å²) in [5.74, 6) is -0.191. The van der Waals surface area contributed by atoms with Crippen molar-refractivity contribution in [2.75, 3.05) is 6.54 Å². The first-order chi connectivity index (χ1) is 7.72. The van der Waals surface area contributed by atoms with Crippen LogP contribution in [0.1, 0.15) is 31.7 Å². The Morgan fingerprint density at radius 3 is 2.62 bits per heavy atom. The van der Waals surface area contributed by atoms with Crippen LogP contribution < -0.4 is 11.1 Å². The Kier molecular flexibility index (Phi) is 6.04. The molecule has 0 saturated heterocycles. The number of nitrogens with one attached hydrogen (secondary N) is 1. The predicted molar refractivity (Wildman–Crippen MR) is 65.6 cm³/mol. The van der Waals surface area contributed by atoms with Gasteiger partial charge in [0.05, 0.1) is 0 Å². The molecule has 0 amide bonds. The Morgan fingerprint density at radius 1 is 1.31 bits per heavy atom. The molecule has 0 fully saturated rings. The van der Waals surface area contributed by atoms with Gasteiger partial charge in [0.2, 0.25) is 0 Å². The molecular formula is C13H21FN2. The summed E-state index contributed by atoms with van der Waals surface area (Å²) in [4.78, 5) is 0. The lowest BCUT2D eigenvalue weighted by Crippen LogP contribution is -2.33. The van der Waals surface area contributed by atoms with E-state index < -0.39 is 0 Å². The van der Waals surface area contributed by atoms with Crippen molar-refractivity contribution in [1.82, 2.24) is 5.32 Å². The minimum atomic E-state index is -0.191. The van der Waals surface area contributed by atoms with E-state index in [1.54, 1.807) is 12.1 Å².